The van der Waals surface area contributed by atoms with E-state index in [4.69, 9.17) is 5.11 Å². The number of unbranched alkanes of at least 4 members (excludes halogenated alkanes) is 4. The summed E-state index contributed by atoms with van der Waals surface area (Å²) in [4.78, 5) is 10.3. The van der Waals surface area contributed by atoms with Crippen LogP contribution in [0.25, 0.3) is 0 Å². The van der Waals surface area contributed by atoms with E-state index < -0.39 is 12.1 Å². The average molecular weight is 288 g/mol. The van der Waals surface area contributed by atoms with Gasteiger partial charge in [-0.05, 0) is 49.8 Å². The zero-order valence-corrected chi connectivity index (χ0v) is 12.6. The van der Waals surface area contributed by atoms with Gasteiger partial charge in [0.25, 0.3) is 0 Å². The second-order valence-corrected chi connectivity index (χ2v) is 4.67. The Morgan fingerprint density at radius 3 is 2.33 bits per heavy atom. The molecule has 1 unspecified atom stereocenters. The predicted molar refractivity (Wildman–Crippen MR) is 85.5 cm³/mol. The third-order valence-corrected chi connectivity index (χ3v) is 2.75. The molecule has 0 heterocycles. The van der Waals surface area contributed by atoms with Crippen LogP contribution in [-0.2, 0) is 4.79 Å². The monoisotopic (exact) mass is 288 g/mol. The van der Waals surface area contributed by atoms with Crippen LogP contribution in [0.3, 0.4) is 0 Å². The molecule has 1 atom stereocenters. The molecule has 0 aromatic heterocycles. The van der Waals surface area contributed by atoms with Gasteiger partial charge in [0.1, 0.15) is 0 Å². The summed E-state index contributed by atoms with van der Waals surface area (Å²) in [6.45, 7) is 1.89. The number of carbonyl (C=O) groups is 1. The lowest BCUT2D eigenvalue weighted by Crippen LogP contribution is -2.01. The molecule has 0 aliphatic heterocycles. The van der Waals surface area contributed by atoms with E-state index in [1.165, 1.54) is 0 Å². The molecule has 114 valence electrons. The Morgan fingerprint density at radius 2 is 1.67 bits per heavy atom. The van der Waals surface area contributed by atoms with Crippen molar-refractivity contribution >= 4 is 5.97 Å². The van der Waals surface area contributed by atoms with E-state index in [1.54, 1.807) is 18.2 Å². The quantitative estimate of drug-likeness (QED) is 0.505. The minimum Gasteiger partial charge on any atom is -0.481 e. The molecule has 0 aromatic carbocycles. The van der Waals surface area contributed by atoms with Crippen molar-refractivity contribution in [1.29, 1.82) is 0 Å². The van der Waals surface area contributed by atoms with E-state index in [1.807, 2.05) is 13.0 Å². The van der Waals surface area contributed by atoms with Gasteiger partial charge >= 0.3 is 5.97 Å². The fraction of sp³-hybridized carbons (Fsp3) is 0.500. The molecular formula is C18H24O3. The molecule has 0 aliphatic rings. The van der Waals surface area contributed by atoms with Crippen molar-refractivity contribution in [3.05, 3.63) is 24.3 Å². The van der Waals surface area contributed by atoms with Crippen molar-refractivity contribution in [3.8, 4) is 23.7 Å². The number of allylic oxidation sites excluding steroid dienone is 3. The highest BCUT2D eigenvalue weighted by molar-refractivity contribution is 5.66. The number of carboxylic acid groups (broad SMARTS) is 1. The zero-order valence-electron chi connectivity index (χ0n) is 12.6. The molecule has 2 N–H and O–H groups in total. The van der Waals surface area contributed by atoms with Crippen LogP contribution < -0.4 is 0 Å². The first-order valence-corrected chi connectivity index (χ1v) is 7.35. The van der Waals surface area contributed by atoms with Crippen LogP contribution in [0.15, 0.2) is 24.3 Å². The maximum absolute atomic E-state index is 10.3. The smallest absolute Gasteiger partial charge is 0.303 e. The van der Waals surface area contributed by atoms with Crippen molar-refractivity contribution in [2.75, 3.05) is 0 Å². The van der Waals surface area contributed by atoms with Gasteiger partial charge < -0.3 is 10.2 Å². The number of rotatable bonds is 9. The van der Waals surface area contributed by atoms with Gasteiger partial charge in [0.05, 0.1) is 6.10 Å². The lowest BCUT2D eigenvalue weighted by Gasteiger charge is -2.04. The fourth-order valence-corrected chi connectivity index (χ4v) is 1.65. The second-order valence-electron chi connectivity index (χ2n) is 4.67. The summed E-state index contributed by atoms with van der Waals surface area (Å²) < 4.78 is 0. The number of aliphatic carboxylic acids is 1. The van der Waals surface area contributed by atoms with Gasteiger partial charge in [-0.1, -0.05) is 43.6 Å². The largest absolute Gasteiger partial charge is 0.481 e. The van der Waals surface area contributed by atoms with E-state index in [2.05, 4.69) is 23.7 Å². The molecule has 3 nitrogen and oxygen atoms in total. The molecule has 0 saturated carbocycles. The summed E-state index contributed by atoms with van der Waals surface area (Å²) in [6, 6.07) is 0. The lowest BCUT2D eigenvalue weighted by molar-refractivity contribution is -0.137. The standard InChI is InChI=1S/C18H24O3/c1-2-3-4-5-6-8-11-14-17(19)15-12-9-7-10-13-16-18(20)21/h2-3,11,14,17,19H,7,9-10,12-13,15-16H2,1H3,(H,20,21)/b3-2+,14-11+. The Morgan fingerprint density at radius 1 is 1.05 bits per heavy atom. The Labute approximate surface area is 127 Å². The first-order chi connectivity index (χ1) is 10.2. The van der Waals surface area contributed by atoms with Gasteiger partial charge in [0, 0.05) is 6.42 Å². The Kier molecular flexibility index (Phi) is 13.1. The highest BCUT2D eigenvalue weighted by Gasteiger charge is 1.99. The van der Waals surface area contributed by atoms with Gasteiger partial charge in [0.2, 0.25) is 0 Å². The molecule has 0 spiro atoms. The van der Waals surface area contributed by atoms with Crippen molar-refractivity contribution < 1.29 is 15.0 Å². The predicted octanol–water partition coefficient (Wildman–Crippen LogP) is 3.30. The summed E-state index contributed by atoms with van der Waals surface area (Å²) in [5.74, 6) is 10.1. The van der Waals surface area contributed by atoms with Crippen molar-refractivity contribution in [3.63, 3.8) is 0 Å². The first kappa shape index (κ1) is 19.0. The molecule has 3 heteroatoms. The normalized spacial score (nSPS) is 11.7. The fourth-order valence-electron chi connectivity index (χ4n) is 1.65. The molecule has 0 aromatic rings. The van der Waals surface area contributed by atoms with Crippen LogP contribution >= 0.6 is 0 Å². The Balaban J connectivity index is 3.60. The number of aliphatic hydroxyl groups excluding tert-OH is 1. The van der Waals surface area contributed by atoms with Crippen LogP contribution in [0, 0.1) is 23.7 Å². The topological polar surface area (TPSA) is 57.5 Å². The van der Waals surface area contributed by atoms with Crippen LogP contribution in [0.4, 0.5) is 0 Å². The summed E-state index contributed by atoms with van der Waals surface area (Å²) in [6.07, 6.45) is 12.0. The molecule has 0 bridgehead atoms. The molecule has 21 heavy (non-hydrogen) atoms. The van der Waals surface area contributed by atoms with E-state index in [0.29, 0.717) is 6.42 Å². The highest BCUT2D eigenvalue weighted by atomic mass is 16.4. The number of aliphatic hydroxyl groups is 1. The molecule has 0 aliphatic carbocycles. The highest BCUT2D eigenvalue weighted by Crippen LogP contribution is 2.09. The molecule has 0 rings (SSSR count). The SMILES string of the molecule is C/C=C/C#CC#C/C=C/C(O)CCCCCCCC(=O)O. The van der Waals surface area contributed by atoms with Crippen LogP contribution in [-0.4, -0.2) is 22.3 Å². The van der Waals surface area contributed by atoms with E-state index in [9.17, 15) is 9.90 Å². The Bertz CT molecular complexity index is 452. The molecule has 0 amide bonds. The Hall–Kier alpha value is -1.97. The number of hydrogen-bond acceptors (Lipinski definition) is 2. The first-order valence-electron chi connectivity index (χ1n) is 7.35. The molecule has 0 saturated heterocycles. The van der Waals surface area contributed by atoms with Gasteiger partial charge in [-0.15, -0.1) is 0 Å². The van der Waals surface area contributed by atoms with Crippen LogP contribution in [0.1, 0.15) is 51.9 Å². The van der Waals surface area contributed by atoms with Crippen molar-refractivity contribution in [1.82, 2.24) is 0 Å². The van der Waals surface area contributed by atoms with Crippen LogP contribution in [0.2, 0.25) is 0 Å². The van der Waals surface area contributed by atoms with Crippen molar-refractivity contribution in [2.24, 2.45) is 0 Å². The minimum absolute atomic E-state index is 0.251. The minimum atomic E-state index is -0.730. The maximum Gasteiger partial charge on any atom is 0.303 e. The molecule has 0 radical (unpaired) electrons. The third-order valence-electron chi connectivity index (χ3n) is 2.75. The summed E-state index contributed by atoms with van der Waals surface area (Å²) >= 11 is 0. The maximum atomic E-state index is 10.3. The average Bonchev–Trinajstić information content (AvgIpc) is 2.45. The van der Waals surface area contributed by atoms with Gasteiger partial charge in [0.15, 0.2) is 0 Å². The number of carboxylic acids is 1. The van der Waals surface area contributed by atoms with Gasteiger partial charge in [-0.25, -0.2) is 0 Å². The van der Waals surface area contributed by atoms with E-state index in [-0.39, 0.29) is 6.42 Å². The third kappa shape index (κ3) is 16.0. The number of hydrogen-bond donors (Lipinski definition) is 2. The molecule has 0 fully saturated rings. The second kappa shape index (κ2) is 14.4. The summed E-state index contributed by atoms with van der Waals surface area (Å²) in [5.41, 5.74) is 0. The van der Waals surface area contributed by atoms with Crippen molar-refractivity contribution in [2.45, 2.75) is 58.0 Å². The summed E-state index contributed by atoms with van der Waals surface area (Å²) in [7, 11) is 0. The van der Waals surface area contributed by atoms with Crippen LogP contribution in [0.5, 0.6) is 0 Å². The lowest BCUT2D eigenvalue weighted by atomic mass is 10.1. The van der Waals surface area contributed by atoms with Gasteiger partial charge in [-0.3, -0.25) is 4.79 Å². The molecular weight excluding hydrogens is 264 g/mol. The zero-order chi connectivity index (χ0) is 15.8. The summed E-state index contributed by atoms with van der Waals surface area (Å²) in [5, 5.41) is 18.2. The van der Waals surface area contributed by atoms with E-state index in [0.717, 1.165) is 32.1 Å². The van der Waals surface area contributed by atoms with Gasteiger partial charge in [-0.2, -0.15) is 0 Å². The van der Waals surface area contributed by atoms with E-state index >= 15 is 0 Å².